The summed E-state index contributed by atoms with van der Waals surface area (Å²) < 4.78 is 32.1. The van der Waals surface area contributed by atoms with E-state index in [4.69, 9.17) is 23.7 Å². The molecular weight excluding hydrogens is 446 g/mol. The van der Waals surface area contributed by atoms with Crippen molar-refractivity contribution in [1.29, 1.82) is 0 Å². The number of ether oxygens (including phenoxy) is 5. The summed E-state index contributed by atoms with van der Waals surface area (Å²) in [4.78, 5) is 26.1. The van der Waals surface area contributed by atoms with Crippen molar-refractivity contribution in [3.05, 3.63) is 69.3 Å². The number of hydrogen-bond donors (Lipinski definition) is 1. The average Bonchev–Trinajstić information content (AvgIpc) is 3.47. The van der Waals surface area contributed by atoms with Crippen molar-refractivity contribution in [2.24, 2.45) is 0 Å². The Morgan fingerprint density at radius 3 is 2.56 bits per heavy atom. The maximum absolute atomic E-state index is 12.4. The number of fused-ring (bicyclic) bond motifs is 1. The number of methoxy groups -OCH3 is 1. The van der Waals surface area contributed by atoms with Gasteiger partial charge in [0.05, 0.1) is 19.9 Å². The Labute approximate surface area is 194 Å². The Morgan fingerprint density at radius 1 is 1.09 bits per heavy atom. The fourth-order valence-corrected chi connectivity index (χ4v) is 4.17. The second-order valence-electron chi connectivity index (χ2n) is 8.54. The second-order valence-corrected chi connectivity index (χ2v) is 8.54. The van der Waals surface area contributed by atoms with Crippen molar-refractivity contribution in [3.63, 3.8) is 0 Å². The number of nitrogens with zero attached hydrogens (tertiary/aromatic N) is 4. The molecule has 5 rings (SSSR count). The fraction of sp³-hybridized carbons (Fsp3) is 0.455. The molecule has 0 bridgehead atoms. The van der Waals surface area contributed by atoms with Crippen LogP contribution >= 0.6 is 0 Å². The molecule has 2 saturated heterocycles. The molecule has 0 saturated carbocycles. The van der Waals surface area contributed by atoms with E-state index in [1.54, 1.807) is 31.8 Å². The maximum Gasteiger partial charge on any atom is 0.330 e. The van der Waals surface area contributed by atoms with Gasteiger partial charge in [-0.25, -0.2) is 9.48 Å². The summed E-state index contributed by atoms with van der Waals surface area (Å²) in [6.45, 7) is 4.18. The van der Waals surface area contributed by atoms with Crippen molar-refractivity contribution >= 4 is 0 Å². The smallest absolute Gasteiger partial charge is 0.330 e. The first-order valence-electron chi connectivity index (χ1n) is 10.8. The van der Waals surface area contributed by atoms with E-state index in [1.165, 1.54) is 16.8 Å². The topological polar surface area (TPSA) is 132 Å². The summed E-state index contributed by atoms with van der Waals surface area (Å²) in [6.07, 6.45) is 0.953. The van der Waals surface area contributed by atoms with E-state index in [1.807, 2.05) is 24.3 Å². The predicted molar refractivity (Wildman–Crippen MR) is 116 cm³/mol. The van der Waals surface area contributed by atoms with Gasteiger partial charge in [0.15, 0.2) is 12.0 Å². The molecule has 3 aromatic rings. The van der Waals surface area contributed by atoms with Gasteiger partial charge in [0, 0.05) is 12.3 Å². The molecule has 1 aromatic carbocycles. The average molecular weight is 471 g/mol. The van der Waals surface area contributed by atoms with E-state index in [0.717, 1.165) is 5.75 Å². The first-order chi connectivity index (χ1) is 16.3. The normalized spacial score (nSPS) is 25.3. The summed E-state index contributed by atoms with van der Waals surface area (Å²) in [5, 5.41) is 8.33. The van der Waals surface area contributed by atoms with Crippen LogP contribution in [-0.2, 0) is 27.4 Å². The number of aromatic nitrogens is 5. The van der Waals surface area contributed by atoms with E-state index in [9.17, 15) is 9.59 Å². The number of rotatable bonds is 7. The molecule has 0 radical (unpaired) electrons. The number of hydrogen-bond acceptors (Lipinski definition) is 9. The van der Waals surface area contributed by atoms with Crippen LogP contribution in [-0.4, -0.2) is 55.8 Å². The Kier molecular flexibility index (Phi) is 5.71. The summed E-state index contributed by atoms with van der Waals surface area (Å²) in [6, 6.07) is 8.52. The van der Waals surface area contributed by atoms with E-state index in [0.29, 0.717) is 18.0 Å². The minimum absolute atomic E-state index is 0.242. The van der Waals surface area contributed by atoms with Crippen molar-refractivity contribution < 1.29 is 23.7 Å². The molecule has 2 aliphatic heterocycles. The van der Waals surface area contributed by atoms with Gasteiger partial charge in [-0.1, -0.05) is 5.21 Å². The van der Waals surface area contributed by atoms with Crippen LogP contribution in [0.2, 0.25) is 0 Å². The highest BCUT2D eigenvalue weighted by Gasteiger charge is 2.56. The number of aromatic amines is 1. The molecule has 34 heavy (non-hydrogen) atoms. The lowest BCUT2D eigenvalue weighted by molar-refractivity contribution is -0.198. The second kappa shape index (κ2) is 8.70. The van der Waals surface area contributed by atoms with Crippen LogP contribution < -0.4 is 20.7 Å². The van der Waals surface area contributed by atoms with Crippen molar-refractivity contribution in [3.8, 4) is 11.5 Å². The molecule has 2 fully saturated rings. The lowest BCUT2D eigenvalue weighted by atomic mass is 10.1. The molecular formula is C22H25N5O7. The largest absolute Gasteiger partial charge is 0.497 e. The number of benzene rings is 1. The molecule has 4 atom stereocenters. The van der Waals surface area contributed by atoms with Crippen LogP contribution in [0, 0.1) is 0 Å². The van der Waals surface area contributed by atoms with Crippen molar-refractivity contribution in [2.75, 3.05) is 7.11 Å². The van der Waals surface area contributed by atoms with E-state index >= 15 is 0 Å². The predicted octanol–water partition coefficient (Wildman–Crippen LogP) is 0.833. The van der Waals surface area contributed by atoms with Crippen LogP contribution in [0.1, 0.15) is 25.8 Å². The van der Waals surface area contributed by atoms with Crippen LogP contribution in [0.3, 0.4) is 0 Å². The van der Waals surface area contributed by atoms with Gasteiger partial charge in [0.2, 0.25) is 0 Å². The van der Waals surface area contributed by atoms with Crippen LogP contribution in [0.25, 0.3) is 0 Å². The van der Waals surface area contributed by atoms with Gasteiger partial charge < -0.3 is 23.7 Å². The molecule has 2 aliphatic rings. The first-order valence-corrected chi connectivity index (χ1v) is 10.8. The standard InChI is InChI=1S/C22H25N5O7/c1-22(2)33-18-16(32-20(19(18)34-22)27-9-8-17(28)23-21(27)29)11-26-10-13(24-25-26)12-31-15-6-4-14(30-3)5-7-15/h4-10,16,18-20H,11-12H2,1-3H3,(H,23,28,29)/t16-,18-,19-,20-/m1/s1. The van der Waals surface area contributed by atoms with Crippen LogP contribution in [0.5, 0.6) is 11.5 Å². The molecule has 0 unspecified atom stereocenters. The molecule has 12 heteroatoms. The Morgan fingerprint density at radius 2 is 1.82 bits per heavy atom. The monoisotopic (exact) mass is 471 g/mol. The highest BCUT2D eigenvalue weighted by molar-refractivity contribution is 5.31. The molecule has 0 spiro atoms. The van der Waals surface area contributed by atoms with Crippen LogP contribution in [0.15, 0.2) is 52.3 Å². The van der Waals surface area contributed by atoms with Gasteiger partial charge in [-0.2, -0.15) is 0 Å². The summed E-state index contributed by atoms with van der Waals surface area (Å²) in [5.41, 5.74) is -0.421. The molecule has 2 aromatic heterocycles. The summed E-state index contributed by atoms with van der Waals surface area (Å²) in [5.74, 6) is 0.586. The third-order valence-electron chi connectivity index (χ3n) is 5.65. The van der Waals surface area contributed by atoms with Crippen molar-refractivity contribution in [2.45, 2.75) is 57.3 Å². The molecule has 0 aliphatic carbocycles. The van der Waals surface area contributed by atoms with E-state index in [2.05, 4.69) is 15.3 Å². The molecule has 4 heterocycles. The number of H-pyrrole nitrogens is 1. The fourth-order valence-electron chi connectivity index (χ4n) is 4.17. The first kappa shape index (κ1) is 22.3. The minimum atomic E-state index is -0.846. The zero-order valence-electron chi connectivity index (χ0n) is 18.9. The molecule has 12 nitrogen and oxygen atoms in total. The molecule has 0 amide bonds. The third-order valence-corrected chi connectivity index (χ3v) is 5.65. The lowest BCUT2D eigenvalue weighted by Crippen LogP contribution is -2.37. The summed E-state index contributed by atoms with van der Waals surface area (Å²) >= 11 is 0. The maximum atomic E-state index is 12.4. The zero-order chi connectivity index (χ0) is 23.9. The van der Waals surface area contributed by atoms with Gasteiger partial charge in [-0.3, -0.25) is 14.3 Å². The molecule has 180 valence electrons. The van der Waals surface area contributed by atoms with E-state index in [-0.39, 0.29) is 6.61 Å². The minimum Gasteiger partial charge on any atom is -0.497 e. The highest BCUT2D eigenvalue weighted by atomic mass is 16.8. The van der Waals surface area contributed by atoms with E-state index < -0.39 is 41.6 Å². The Balaban J connectivity index is 1.28. The van der Waals surface area contributed by atoms with Gasteiger partial charge in [0.25, 0.3) is 5.56 Å². The van der Waals surface area contributed by atoms with Crippen molar-refractivity contribution in [1.82, 2.24) is 24.5 Å². The third kappa shape index (κ3) is 4.47. The molecule has 1 N–H and O–H groups in total. The summed E-state index contributed by atoms with van der Waals surface area (Å²) in [7, 11) is 1.61. The quantitative estimate of drug-likeness (QED) is 0.532. The van der Waals surface area contributed by atoms with Gasteiger partial charge in [0.1, 0.15) is 42.1 Å². The number of nitrogens with one attached hydrogen (secondary N) is 1. The SMILES string of the molecule is COc1ccc(OCc2cn(C[C@H]3O[C@@H](n4ccc(=O)[nH]c4=O)[C@@H]4OC(C)(C)O[C@@H]43)nn2)cc1. The Hall–Kier alpha value is -3.48. The van der Waals surface area contributed by atoms with Gasteiger partial charge in [-0.15, -0.1) is 5.10 Å². The van der Waals surface area contributed by atoms with Crippen LogP contribution in [0.4, 0.5) is 0 Å². The van der Waals surface area contributed by atoms with Gasteiger partial charge >= 0.3 is 5.69 Å². The highest BCUT2D eigenvalue weighted by Crippen LogP contribution is 2.42. The lowest BCUT2D eigenvalue weighted by Gasteiger charge is -2.24. The van der Waals surface area contributed by atoms with Gasteiger partial charge in [-0.05, 0) is 38.1 Å². The zero-order valence-corrected chi connectivity index (χ0v) is 18.9. The Bertz CT molecular complexity index is 1270.